The summed E-state index contributed by atoms with van der Waals surface area (Å²) < 4.78 is 38.5. The van der Waals surface area contributed by atoms with Crippen LogP contribution in [0.2, 0.25) is 0 Å². The van der Waals surface area contributed by atoms with Gasteiger partial charge in [0.2, 0.25) is 0 Å². The highest BCUT2D eigenvalue weighted by Crippen LogP contribution is 2.34. The topological polar surface area (TPSA) is 58.1 Å². The molecular weight excluding hydrogens is 413 g/mol. The van der Waals surface area contributed by atoms with Crippen molar-refractivity contribution >= 4 is 27.7 Å². The SMILES string of the molecule is O=C(NC1CCN(c2ncc(C(F)(F)F)cc2Br)CC1)c1cccnc1. The molecule has 3 heterocycles. The molecule has 3 rings (SSSR count). The Morgan fingerprint density at radius 3 is 2.58 bits per heavy atom. The monoisotopic (exact) mass is 428 g/mol. The minimum Gasteiger partial charge on any atom is -0.356 e. The largest absolute Gasteiger partial charge is 0.417 e. The van der Waals surface area contributed by atoms with Gasteiger partial charge in [-0.25, -0.2) is 4.98 Å². The first-order chi connectivity index (χ1) is 12.3. The van der Waals surface area contributed by atoms with E-state index in [1.807, 2.05) is 4.90 Å². The fourth-order valence-corrected chi connectivity index (χ4v) is 3.42. The van der Waals surface area contributed by atoms with Crippen molar-refractivity contribution in [1.29, 1.82) is 0 Å². The third-order valence-electron chi connectivity index (χ3n) is 4.20. The van der Waals surface area contributed by atoms with Crippen LogP contribution >= 0.6 is 15.9 Å². The number of nitrogens with one attached hydrogen (secondary N) is 1. The second kappa shape index (κ2) is 7.61. The van der Waals surface area contributed by atoms with E-state index >= 15 is 0 Å². The number of piperidine rings is 1. The molecule has 0 radical (unpaired) electrons. The summed E-state index contributed by atoms with van der Waals surface area (Å²) in [5, 5.41) is 2.96. The van der Waals surface area contributed by atoms with E-state index in [4.69, 9.17) is 0 Å². The number of halogens is 4. The Kier molecular flexibility index (Phi) is 5.45. The molecule has 0 spiro atoms. The summed E-state index contributed by atoms with van der Waals surface area (Å²) in [5.74, 6) is 0.306. The van der Waals surface area contributed by atoms with Crippen LogP contribution in [-0.2, 0) is 6.18 Å². The molecule has 1 aliphatic heterocycles. The number of rotatable bonds is 3. The summed E-state index contributed by atoms with van der Waals surface area (Å²) >= 11 is 3.18. The molecule has 0 bridgehead atoms. The summed E-state index contributed by atoms with van der Waals surface area (Å²) in [6, 6.07) is 4.44. The maximum atomic E-state index is 12.7. The second-order valence-corrected chi connectivity index (χ2v) is 6.86. The number of carbonyl (C=O) groups excluding carboxylic acids is 1. The molecule has 1 fully saturated rings. The van der Waals surface area contributed by atoms with E-state index in [0.29, 0.717) is 41.8 Å². The molecule has 0 aromatic carbocycles. The van der Waals surface area contributed by atoms with Gasteiger partial charge in [-0.15, -0.1) is 0 Å². The van der Waals surface area contributed by atoms with Gasteiger partial charge in [-0.05, 0) is 47.0 Å². The van der Waals surface area contributed by atoms with Crippen LogP contribution in [0.3, 0.4) is 0 Å². The number of amides is 1. The summed E-state index contributed by atoms with van der Waals surface area (Å²) in [6.45, 7) is 1.18. The molecule has 1 amide bonds. The van der Waals surface area contributed by atoms with Crippen LogP contribution in [0.1, 0.15) is 28.8 Å². The van der Waals surface area contributed by atoms with E-state index in [1.165, 1.54) is 6.20 Å². The molecule has 2 aromatic rings. The number of hydrogen-bond donors (Lipinski definition) is 1. The number of alkyl halides is 3. The molecule has 5 nitrogen and oxygen atoms in total. The molecule has 9 heteroatoms. The van der Waals surface area contributed by atoms with E-state index in [2.05, 4.69) is 31.2 Å². The van der Waals surface area contributed by atoms with Crippen LogP contribution in [0, 0.1) is 0 Å². The molecule has 1 aliphatic rings. The molecule has 1 N–H and O–H groups in total. The van der Waals surface area contributed by atoms with Crippen LogP contribution in [-0.4, -0.2) is 35.0 Å². The molecule has 2 aromatic heterocycles. The van der Waals surface area contributed by atoms with Gasteiger partial charge < -0.3 is 10.2 Å². The van der Waals surface area contributed by atoms with Gasteiger partial charge in [-0.3, -0.25) is 9.78 Å². The highest BCUT2D eigenvalue weighted by atomic mass is 79.9. The van der Waals surface area contributed by atoms with E-state index in [9.17, 15) is 18.0 Å². The highest BCUT2D eigenvalue weighted by Gasteiger charge is 2.32. The number of pyridine rings is 2. The van der Waals surface area contributed by atoms with Crippen molar-refractivity contribution in [2.24, 2.45) is 0 Å². The van der Waals surface area contributed by atoms with Gasteiger partial charge in [0.15, 0.2) is 0 Å². The first kappa shape index (κ1) is 18.6. The van der Waals surface area contributed by atoms with Crippen molar-refractivity contribution in [1.82, 2.24) is 15.3 Å². The Labute approximate surface area is 156 Å². The lowest BCUT2D eigenvalue weighted by atomic mass is 10.0. The predicted molar refractivity (Wildman–Crippen MR) is 93.9 cm³/mol. The Balaban J connectivity index is 1.59. The van der Waals surface area contributed by atoms with Crippen LogP contribution < -0.4 is 10.2 Å². The molecule has 138 valence electrons. The van der Waals surface area contributed by atoms with Crippen LogP contribution in [0.5, 0.6) is 0 Å². The smallest absolute Gasteiger partial charge is 0.356 e. The zero-order chi connectivity index (χ0) is 18.7. The van der Waals surface area contributed by atoms with Crippen molar-refractivity contribution < 1.29 is 18.0 Å². The first-order valence-electron chi connectivity index (χ1n) is 8.03. The molecular formula is C17H16BrF3N4O. The van der Waals surface area contributed by atoms with Gasteiger partial charge in [0.05, 0.1) is 15.6 Å². The average Bonchev–Trinajstić information content (AvgIpc) is 2.62. The molecule has 0 atom stereocenters. The molecule has 1 saturated heterocycles. The van der Waals surface area contributed by atoms with Gasteiger partial charge in [0.25, 0.3) is 5.91 Å². The Morgan fingerprint density at radius 1 is 1.27 bits per heavy atom. The van der Waals surface area contributed by atoms with Crippen molar-refractivity contribution in [2.75, 3.05) is 18.0 Å². The third-order valence-corrected chi connectivity index (χ3v) is 4.79. The average molecular weight is 429 g/mol. The number of nitrogens with zero attached hydrogens (tertiary/aromatic N) is 3. The molecule has 26 heavy (non-hydrogen) atoms. The van der Waals surface area contributed by atoms with Crippen molar-refractivity contribution in [3.8, 4) is 0 Å². The number of carbonyl (C=O) groups is 1. The van der Waals surface area contributed by atoms with Crippen molar-refractivity contribution in [3.05, 3.63) is 52.4 Å². The number of aromatic nitrogens is 2. The van der Waals surface area contributed by atoms with Gasteiger partial charge in [0.1, 0.15) is 5.82 Å². The summed E-state index contributed by atoms with van der Waals surface area (Å²) in [6.07, 6.45) is 0.897. The van der Waals surface area contributed by atoms with Crippen LogP contribution in [0.25, 0.3) is 0 Å². The predicted octanol–water partition coefficient (Wildman–Crippen LogP) is 3.66. The van der Waals surface area contributed by atoms with Crippen LogP contribution in [0.4, 0.5) is 19.0 Å². The number of hydrogen-bond acceptors (Lipinski definition) is 4. The first-order valence-corrected chi connectivity index (χ1v) is 8.82. The lowest BCUT2D eigenvalue weighted by Crippen LogP contribution is -2.45. The normalized spacial score (nSPS) is 15.8. The second-order valence-electron chi connectivity index (χ2n) is 6.00. The van der Waals surface area contributed by atoms with E-state index in [-0.39, 0.29) is 11.9 Å². The fraction of sp³-hybridized carbons (Fsp3) is 0.353. The zero-order valence-corrected chi connectivity index (χ0v) is 15.2. The minimum absolute atomic E-state index is 0.00665. The highest BCUT2D eigenvalue weighted by molar-refractivity contribution is 9.10. The van der Waals surface area contributed by atoms with Crippen LogP contribution in [0.15, 0.2) is 41.3 Å². The summed E-state index contributed by atoms with van der Waals surface area (Å²) in [5.41, 5.74) is -0.283. The van der Waals surface area contributed by atoms with Crippen molar-refractivity contribution in [3.63, 3.8) is 0 Å². The van der Waals surface area contributed by atoms with Crippen molar-refractivity contribution in [2.45, 2.75) is 25.1 Å². The standard InChI is InChI=1S/C17H16BrF3N4O/c18-14-8-12(17(19,20)21)10-23-15(14)25-6-3-13(4-7-25)24-16(26)11-2-1-5-22-9-11/h1-2,5,8-10,13H,3-4,6-7H2,(H,24,26). The van der Waals surface area contributed by atoms with Gasteiger partial charge in [0, 0.05) is 37.7 Å². The van der Waals surface area contributed by atoms with Gasteiger partial charge >= 0.3 is 6.18 Å². The number of anilines is 1. The maximum Gasteiger partial charge on any atom is 0.417 e. The van der Waals surface area contributed by atoms with E-state index in [0.717, 1.165) is 12.3 Å². The van der Waals surface area contributed by atoms with E-state index < -0.39 is 11.7 Å². The Morgan fingerprint density at radius 2 is 2.00 bits per heavy atom. The lowest BCUT2D eigenvalue weighted by Gasteiger charge is -2.33. The maximum absolute atomic E-state index is 12.7. The molecule has 0 saturated carbocycles. The summed E-state index contributed by atoms with van der Waals surface area (Å²) in [7, 11) is 0. The molecule has 0 unspecified atom stereocenters. The molecule has 0 aliphatic carbocycles. The van der Waals surface area contributed by atoms with E-state index in [1.54, 1.807) is 18.3 Å². The fourth-order valence-electron chi connectivity index (χ4n) is 2.82. The zero-order valence-electron chi connectivity index (χ0n) is 13.6. The quantitative estimate of drug-likeness (QED) is 0.810. The lowest BCUT2D eigenvalue weighted by molar-refractivity contribution is -0.137. The van der Waals surface area contributed by atoms with Gasteiger partial charge in [-0.1, -0.05) is 0 Å². The Hall–Kier alpha value is -2.16. The van der Waals surface area contributed by atoms with Gasteiger partial charge in [-0.2, -0.15) is 13.2 Å². The summed E-state index contributed by atoms with van der Waals surface area (Å²) in [4.78, 5) is 22.0. The minimum atomic E-state index is -4.42. The Bertz CT molecular complexity index is 777. The third kappa shape index (κ3) is 4.32.